The third-order valence-electron chi connectivity index (χ3n) is 7.84. The Bertz CT molecular complexity index is 629. The van der Waals surface area contributed by atoms with E-state index in [1.807, 2.05) is 19.9 Å². The summed E-state index contributed by atoms with van der Waals surface area (Å²) in [5.41, 5.74) is 0.978. The summed E-state index contributed by atoms with van der Waals surface area (Å²) in [6, 6.07) is 0. The summed E-state index contributed by atoms with van der Waals surface area (Å²) < 4.78 is 18.1. The van der Waals surface area contributed by atoms with Crippen LogP contribution in [0.15, 0.2) is 11.6 Å². The van der Waals surface area contributed by atoms with Crippen molar-refractivity contribution in [3.8, 4) is 0 Å². The van der Waals surface area contributed by atoms with Crippen LogP contribution >= 0.6 is 0 Å². The van der Waals surface area contributed by atoms with Crippen LogP contribution in [0.1, 0.15) is 68.7 Å². The zero-order valence-corrected chi connectivity index (χ0v) is 25.4. The number of rotatable bonds is 11. The number of carbonyl (C=O) groups is 1. The van der Waals surface area contributed by atoms with Gasteiger partial charge in [0.15, 0.2) is 16.6 Å². The molecule has 1 N–H and O–H groups in total. The molecule has 0 saturated heterocycles. The SMILES string of the molecule is COC(=O)C/C=C(\C)[C@H](C)[C@H](O)[C@@H](C)C(CO[Si](C)(C)C(C)(C)C)O[Si](C)(C)C(C)(C)C. The van der Waals surface area contributed by atoms with E-state index in [0.29, 0.717) is 6.61 Å². The van der Waals surface area contributed by atoms with E-state index in [1.54, 1.807) is 0 Å². The molecule has 0 aliphatic heterocycles. The second-order valence-electron chi connectivity index (χ2n) is 12.4. The molecule has 1 unspecified atom stereocenters. The van der Waals surface area contributed by atoms with Gasteiger partial charge in [0.05, 0.1) is 32.3 Å². The molecule has 190 valence electrons. The van der Waals surface area contributed by atoms with Crippen LogP contribution in [0.2, 0.25) is 36.3 Å². The lowest BCUT2D eigenvalue weighted by Gasteiger charge is -2.44. The first-order chi connectivity index (χ1) is 14.2. The second kappa shape index (κ2) is 11.8. The van der Waals surface area contributed by atoms with Gasteiger partial charge in [-0.05, 0) is 43.2 Å². The van der Waals surface area contributed by atoms with E-state index < -0.39 is 22.7 Å². The third-order valence-corrected chi connectivity index (χ3v) is 16.8. The van der Waals surface area contributed by atoms with Crippen molar-refractivity contribution in [2.75, 3.05) is 13.7 Å². The molecule has 0 fully saturated rings. The normalized spacial score (nSPS) is 18.2. The van der Waals surface area contributed by atoms with Gasteiger partial charge in [-0.1, -0.05) is 67.0 Å². The molecule has 0 bridgehead atoms. The van der Waals surface area contributed by atoms with Gasteiger partial charge in [0.2, 0.25) is 0 Å². The number of esters is 1. The van der Waals surface area contributed by atoms with Crippen LogP contribution in [0.4, 0.5) is 0 Å². The fraction of sp³-hybridized carbons (Fsp3) is 0.880. The second-order valence-corrected chi connectivity index (χ2v) is 21.9. The lowest BCUT2D eigenvalue weighted by atomic mass is 9.85. The van der Waals surface area contributed by atoms with Crippen molar-refractivity contribution in [2.45, 2.75) is 117 Å². The highest BCUT2D eigenvalue weighted by atomic mass is 28.4. The number of aliphatic hydroxyl groups excluding tert-OH is 1. The highest BCUT2D eigenvalue weighted by molar-refractivity contribution is 6.74. The fourth-order valence-electron chi connectivity index (χ4n) is 2.81. The van der Waals surface area contributed by atoms with E-state index in [9.17, 15) is 9.90 Å². The number of carbonyl (C=O) groups excluding carboxylic acids is 1. The Labute approximate surface area is 200 Å². The van der Waals surface area contributed by atoms with Crippen LogP contribution in [0.3, 0.4) is 0 Å². The molecule has 0 radical (unpaired) electrons. The number of hydrogen-bond acceptors (Lipinski definition) is 5. The zero-order chi connectivity index (χ0) is 25.7. The van der Waals surface area contributed by atoms with Gasteiger partial charge in [0.1, 0.15) is 0 Å². The van der Waals surface area contributed by atoms with Crippen LogP contribution in [-0.2, 0) is 18.4 Å². The molecule has 0 saturated carbocycles. The first kappa shape index (κ1) is 31.5. The maximum atomic E-state index is 11.5. The predicted molar refractivity (Wildman–Crippen MR) is 140 cm³/mol. The fourth-order valence-corrected chi connectivity index (χ4v) is 5.22. The Balaban J connectivity index is 5.74. The molecule has 32 heavy (non-hydrogen) atoms. The van der Waals surface area contributed by atoms with Crippen LogP contribution in [-0.4, -0.2) is 53.6 Å². The van der Waals surface area contributed by atoms with Crippen LogP contribution in [0, 0.1) is 11.8 Å². The summed E-state index contributed by atoms with van der Waals surface area (Å²) in [6.45, 7) is 28.9. The number of methoxy groups -OCH3 is 1. The van der Waals surface area contributed by atoms with Gasteiger partial charge in [-0.25, -0.2) is 0 Å². The van der Waals surface area contributed by atoms with Gasteiger partial charge < -0.3 is 18.7 Å². The Hall–Kier alpha value is -0.476. The third kappa shape index (κ3) is 9.05. The molecule has 4 atom stereocenters. The van der Waals surface area contributed by atoms with Crippen molar-refractivity contribution >= 4 is 22.6 Å². The Morgan fingerprint density at radius 3 is 1.84 bits per heavy atom. The van der Waals surface area contributed by atoms with Crippen LogP contribution in [0.25, 0.3) is 0 Å². The average molecular weight is 489 g/mol. The van der Waals surface area contributed by atoms with E-state index >= 15 is 0 Å². The van der Waals surface area contributed by atoms with Gasteiger partial charge in [-0.3, -0.25) is 4.79 Å². The molecule has 0 amide bonds. The van der Waals surface area contributed by atoms with Crippen molar-refractivity contribution in [1.29, 1.82) is 0 Å². The quantitative estimate of drug-likeness (QED) is 0.203. The van der Waals surface area contributed by atoms with Crippen molar-refractivity contribution < 1.29 is 23.5 Å². The molecule has 7 heteroatoms. The molecular weight excluding hydrogens is 436 g/mol. The molecule has 0 aromatic heterocycles. The number of hydrogen-bond donors (Lipinski definition) is 1. The molecule has 0 aliphatic rings. The molecule has 0 aliphatic carbocycles. The Morgan fingerprint density at radius 1 is 0.969 bits per heavy atom. The molecule has 0 rings (SSSR count). The zero-order valence-electron chi connectivity index (χ0n) is 23.4. The van der Waals surface area contributed by atoms with Crippen LogP contribution < -0.4 is 0 Å². The predicted octanol–water partition coefficient (Wildman–Crippen LogP) is 6.54. The smallest absolute Gasteiger partial charge is 0.309 e. The summed E-state index contributed by atoms with van der Waals surface area (Å²) in [5.74, 6) is -0.501. The molecule has 0 spiro atoms. The van der Waals surface area contributed by atoms with E-state index in [-0.39, 0.29) is 40.4 Å². The summed E-state index contributed by atoms with van der Waals surface area (Å²) in [6.07, 6.45) is 1.26. The highest BCUT2D eigenvalue weighted by Crippen LogP contribution is 2.40. The van der Waals surface area contributed by atoms with E-state index in [1.165, 1.54) is 7.11 Å². The van der Waals surface area contributed by atoms with Crippen molar-refractivity contribution in [3.05, 3.63) is 11.6 Å². The molecule has 0 aromatic carbocycles. The molecule has 0 aromatic rings. The first-order valence-corrected chi connectivity index (χ1v) is 17.7. The van der Waals surface area contributed by atoms with E-state index in [0.717, 1.165) is 5.57 Å². The van der Waals surface area contributed by atoms with Gasteiger partial charge in [-0.15, -0.1) is 0 Å². The van der Waals surface area contributed by atoms with Gasteiger partial charge in [0.25, 0.3) is 0 Å². The van der Waals surface area contributed by atoms with E-state index in [2.05, 4.69) is 74.7 Å². The lowest BCUT2D eigenvalue weighted by Crippen LogP contribution is -2.51. The van der Waals surface area contributed by atoms with Crippen LogP contribution in [0.5, 0.6) is 0 Å². The van der Waals surface area contributed by atoms with Crippen molar-refractivity contribution in [1.82, 2.24) is 0 Å². The summed E-state index contributed by atoms with van der Waals surface area (Å²) in [4.78, 5) is 11.5. The molecular formula is C25H52O5Si2. The summed E-state index contributed by atoms with van der Waals surface area (Å²) in [7, 11) is -2.64. The minimum Gasteiger partial charge on any atom is -0.469 e. The lowest BCUT2D eigenvalue weighted by molar-refractivity contribution is -0.139. The number of aliphatic hydroxyl groups is 1. The minimum absolute atomic E-state index is 0.0643. The standard InChI is InChI=1S/C25H52O5Si2/c1-18(15-16-22(26)28-10)19(2)23(27)20(3)21(30-32(13,14)25(7,8)9)17-29-31(11,12)24(4,5)6/h15,19-21,23,27H,16-17H2,1-14H3/b18-15+/t19-,20-,21?,23-/m0/s1. The molecule has 0 heterocycles. The highest BCUT2D eigenvalue weighted by Gasteiger charge is 2.43. The maximum Gasteiger partial charge on any atom is 0.309 e. The topological polar surface area (TPSA) is 65.0 Å². The minimum atomic E-state index is -2.07. The van der Waals surface area contributed by atoms with Crippen molar-refractivity contribution in [3.63, 3.8) is 0 Å². The number of ether oxygens (including phenoxy) is 1. The molecule has 5 nitrogen and oxygen atoms in total. The largest absolute Gasteiger partial charge is 0.469 e. The van der Waals surface area contributed by atoms with E-state index in [4.69, 9.17) is 13.6 Å². The maximum absolute atomic E-state index is 11.5. The van der Waals surface area contributed by atoms with Gasteiger partial charge in [0, 0.05) is 11.8 Å². The summed E-state index contributed by atoms with van der Waals surface area (Å²) >= 11 is 0. The monoisotopic (exact) mass is 488 g/mol. The van der Waals surface area contributed by atoms with Gasteiger partial charge in [-0.2, -0.15) is 0 Å². The summed E-state index contributed by atoms with van der Waals surface area (Å²) in [5, 5.41) is 11.4. The Morgan fingerprint density at radius 2 is 1.44 bits per heavy atom. The van der Waals surface area contributed by atoms with Crippen molar-refractivity contribution in [2.24, 2.45) is 11.8 Å². The average Bonchev–Trinajstić information content (AvgIpc) is 2.65. The van der Waals surface area contributed by atoms with Gasteiger partial charge >= 0.3 is 5.97 Å². The first-order valence-electron chi connectivity index (χ1n) is 11.9. The Kier molecular flexibility index (Phi) is 11.6.